The van der Waals surface area contributed by atoms with Crippen LogP contribution in [0.15, 0.2) is 28.7 Å². The van der Waals surface area contributed by atoms with E-state index in [0.29, 0.717) is 5.41 Å². The highest BCUT2D eigenvalue weighted by atomic mass is 79.9. The van der Waals surface area contributed by atoms with Crippen molar-refractivity contribution in [2.75, 3.05) is 6.61 Å². The smallest absolute Gasteiger partial charge is 0.119 e. The summed E-state index contributed by atoms with van der Waals surface area (Å²) in [5.41, 5.74) is 1.40. The summed E-state index contributed by atoms with van der Waals surface area (Å²) in [4.78, 5) is 0. The maximum Gasteiger partial charge on any atom is 0.119 e. The van der Waals surface area contributed by atoms with Crippen LogP contribution in [0.2, 0.25) is 0 Å². The Morgan fingerprint density at radius 3 is 2.65 bits per heavy atom. The van der Waals surface area contributed by atoms with E-state index in [1.807, 2.05) is 24.3 Å². The Balaban J connectivity index is 2.04. The number of benzene rings is 1. The largest absolute Gasteiger partial charge is 0.365 e. The van der Waals surface area contributed by atoms with Gasteiger partial charge in [0.05, 0.1) is 0 Å². The number of halogens is 1. The highest BCUT2D eigenvalue weighted by molar-refractivity contribution is 9.10. The molecule has 1 heterocycles. The normalized spacial score (nSPS) is 22.6. The summed E-state index contributed by atoms with van der Waals surface area (Å²) in [6.07, 6.45) is 2.24. The van der Waals surface area contributed by atoms with Gasteiger partial charge in [0.25, 0.3) is 0 Å². The zero-order valence-electron chi connectivity index (χ0n) is 10.3. The van der Waals surface area contributed by atoms with Crippen LogP contribution in [0.3, 0.4) is 0 Å². The standard InChI is InChI=1S/C15H17BrO/c1-15(2)9-10-17-14(11-15)8-5-12-3-6-13(16)7-4-12/h3-4,6-7,14H,9-11H2,1-2H3. The van der Waals surface area contributed by atoms with Gasteiger partial charge in [-0.3, -0.25) is 0 Å². The van der Waals surface area contributed by atoms with Gasteiger partial charge in [-0.05, 0) is 42.5 Å². The molecular weight excluding hydrogens is 276 g/mol. The summed E-state index contributed by atoms with van der Waals surface area (Å²) < 4.78 is 6.76. The molecule has 0 spiro atoms. The van der Waals surface area contributed by atoms with Gasteiger partial charge in [0, 0.05) is 16.6 Å². The van der Waals surface area contributed by atoms with Gasteiger partial charge in [-0.25, -0.2) is 0 Å². The molecular formula is C15H17BrO. The quantitative estimate of drug-likeness (QED) is 0.657. The molecule has 1 fully saturated rings. The molecule has 0 radical (unpaired) electrons. The van der Waals surface area contributed by atoms with Crippen LogP contribution >= 0.6 is 15.9 Å². The summed E-state index contributed by atoms with van der Waals surface area (Å²) in [6, 6.07) is 8.06. The second kappa shape index (κ2) is 5.25. The molecule has 1 unspecified atom stereocenters. The summed E-state index contributed by atoms with van der Waals surface area (Å²) in [6.45, 7) is 5.39. The molecule has 2 rings (SSSR count). The predicted octanol–water partition coefficient (Wildman–Crippen LogP) is 4.01. The third-order valence-electron chi connectivity index (χ3n) is 3.06. The van der Waals surface area contributed by atoms with Crippen molar-refractivity contribution < 1.29 is 4.74 Å². The molecule has 0 aromatic heterocycles. The number of hydrogen-bond acceptors (Lipinski definition) is 1. The number of rotatable bonds is 0. The van der Waals surface area contributed by atoms with Gasteiger partial charge in [-0.15, -0.1) is 0 Å². The minimum Gasteiger partial charge on any atom is -0.365 e. The van der Waals surface area contributed by atoms with Crippen molar-refractivity contribution in [2.45, 2.75) is 32.8 Å². The van der Waals surface area contributed by atoms with E-state index in [-0.39, 0.29) is 6.10 Å². The van der Waals surface area contributed by atoms with Gasteiger partial charge < -0.3 is 4.74 Å². The van der Waals surface area contributed by atoms with E-state index in [0.717, 1.165) is 29.5 Å². The highest BCUT2D eigenvalue weighted by Gasteiger charge is 2.27. The van der Waals surface area contributed by atoms with Crippen molar-refractivity contribution in [1.29, 1.82) is 0 Å². The molecule has 1 aliphatic rings. The average molecular weight is 293 g/mol. The third-order valence-corrected chi connectivity index (χ3v) is 3.59. The molecule has 1 aromatic carbocycles. The maximum absolute atomic E-state index is 5.68. The van der Waals surface area contributed by atoms with Crippen molar-refractivity contribution in [1.82, 2.24) is 0 Å². The lowest BCUT2D eigenvalue weighted by molar-refractivity contribution is -0.00491. The van der Waals surface area contributed by atoms with Gasteiger partial charge in [0.1, 0.15) is 6.10 Å². The predicted molar refractivity (Wildman–Crippen MR) is 73.8 cm³/mol. The summed E-state index contributed by atoms with van der Waals surface area (Å²) in [7, 11) is 0. The van der Waals surface area contributed by atoms with Crippen LogP contribution in [0.4, 0.5) is 0 Å². The van der Waals surface area contributed by atoms with Crippen LogP contribution in [0.25, 0.3) is 0 Å². The first-order chi connectivity index (χ1) is 8.05. The van der Waals surface area contributed by atoms with Gasteiger partial charge >= 0.3 is 0 Å². The van der Waals surface area contributed by atoms with Crippen LogP contribution in [-0.4, -0.2) is 12.7 Å². The summed E-state index contributed by atoms with van der Waals surface area (Å²) in [5, 5.41) is 0. The fraction of sp³-hybridized carbons (Fsp3) is 0.467. The second-order valence-electron chi connectivity index (χ2n) is 5.25. The van der Waals surface area contributed by atoms with E-state index < -0.39 is 0 Å². The number of ether oxygens (including phenoxy) is 1. The van der Waals surface area contributed by atoms with Crippen LogP contribution < -0.4 is 0 Å². The molecule has 17 heavy (non-hydrogen) atoms. The lowest BCUT2D eigenvalue weighted by Crippen LogP contribution is -2.30. The minimum absolute atomic E-state index is 0.0856. The molecule has 1 aliphatic heterocycles. The molecule has 0 N–H and O–H groups in total. The zero-order chi connectivity index (χ0) is 12.3. The SMILES string of the molecule is CC1(C)CCOC(C#Cc2ccc(Br)cc2)C1. The number of hydrogen-bond donors (Lipinski definition) is 0. The van der Waals surface area contributed by atoms with Crippen molar-refractivity contribution >= 4 is 15.9 Å². The Morgan fingerprint density at radius 2 is 2.00 bits per heavy atom. The minimum atomic E-state index is 0.0856. The van der Waals surface area contributed by atoms with E-state index in [9.17, 15) is 0 Å². The first kappa shape index (κ1) is 12.7. The van der Waals surface area contributed by atoms with Gasteiger partial charge in [-0.2, -0.15) is 0 Å². The van der Waals surface area contributed by atoms with E-state index >= 15 is 0 Å². The van der Waals surface area contributed by atoms with E-state index in [2.05, 4.69) is 41.6 Å². The molecule has 0 saturated carbocycles. The van der Waals surface area contributed by atoms with E-state index in [1.165, 1.54) is 0 Å². The van der Waals surface area contributed by atoms with Gasteiger partial charge in [-0.1, -0.05) is 41.6 Å². The first-order valence-electron chi connectivity index (χ1n) is 5.94. The zero-order valence-corrected chi connectivity index (χ0v) is 11.9. The maximum atomic E-state index is 5.68. The molecule has 1 nitrogen and oxygen atoms in total. The Labute approximate surface area is 112 Å². The van der Waals surface area contributed by atoms with Gasteiger partial charge in [0.15, 0.2) is 0 Å². The van der Waals surface area contributed by atoms with E-state index in [4.69, 9.17) is 4.74 Å². The Bertz CT molecular complexity index is 436. The fourth-order valence-electron chi connectivity index (χ4n) is 1.93. The Morgan fingerprint density at radius 1 is 1.29 bits per heavy atom. The lowest BCUT2D eigenvalue weighted by atomic mass is 9.82. The molecule has 0 aliphatic carbocycles. The lowest BCUT2D eigenvalue weighted by Gasteiger charge is -2.32. The van der Waals surface area contributed by atoms with E-state index in [1.54, 1.807) is 0 Å². The third kappa shape index (κ3) is 3.87. The fourth-order valence-corrected chi connectivity index (χ4v) is 2.19. The summed E-state index contributed by atoms with van der Waals surface area (Å²) >= 11 is 3.42. The molecule has 0 bridgehead atoms. The summed E-state index contributed by atoms with van der Waals surface area (Å²) in [5.74, 6) is 6.41. The molecule has 1 atom stereocenters. The molecule has 0 amide bonds. The Hall–Kier alpha value is -0.780. The van der Waals surface area contributed by atoms with Crippen molar-refractivity contribution in [3.63, 3.8) is 0 Å². The molecule has 2 heteroatoms. The second-order valence-corrected chi connectivity index (χ2v) is 6.17. The molecule has 1 aromatic rings. The van der Waals surface area contributed by atoms with Crippen LogP contribution in [0.1, 0.15) is 32.3 Å². The molecule has 1 saturated heterocycles. The van der Waals surface area contributed by atoms with Crippen LogP contribution in [0.5, 0.6) is 0 Å². The monoisotopic (exact) mass is 292 g/mol. The average Bonchev–Trinajstić information content (AvgIpc) is 2.27. The first-order valence-corrected chi connectivity index (χ1v) is 6.73. The van der Waals surface area contributed by atoms with Crippen molar-refractivity contribution in [3.8, 4) is 11.8 Å². The van der Waals surface area contributed by atoms with Gasteiger partial charge in [0.2, 0.25) is 0 Å². The van der Waals surface area contributed by atoms with Crippen LogP contribution in [0, 0.1) is 17.3 Å². The van der Waals surface area contributed by atoms with Crippen molar-refractivity contribution in [2.24, 2.45) is 5.41 Å². The van der Waals surface area contributed by atoms with Crippen molar-refractivity contribution in [3.05, 3.63) is 34.3 Å². The Kier molecular flexibility index (Phi) is 3.91. The highest BCUT2D eigenvalue weighted by Crippen LogP contribution is 2.31. The van der Waals surface area contributed by atoms with Crippen LogP contribution in [-0.2, 0) is 4.74 Å². The molecule has 90 valence electrons. The topological polar surface area (TPSA) is 9.23 Å².